The first-order valence-corrected chi connectivity index (χ1v) is 5.63. The molecule has 0 spiro atoms. The normalized spacial score (nSPS) is 12.4. The van der Waals surface area contributed by atoms with Gasteiger partial charge in [-0.3, -0.25) is 0 Å². The van der Waals surface area contributed by atoms with E-state index >= 15 is 0 Å². The summed E-state index contributed by atoms with van der Waals surface area (Å²) in [5.41, 5.74) is 6.19. The molecular formula is C11H26N2O. The largest absolute Gasteiger partial charge is 0.380 e. The van der Waals surface area contributed by atoms with E-state index in [2.05, 4.69) is 25.8 Å². The van der Waals surface area contributed by atoms with Gasteiger partial charge in [-0.15, -0.1) is 0 Å². The van der Waals surface area contributed by atoms with Crippen LogP contribution in [0.2, 0.25) is 0 Å². The Morgan fingerprint density at radius 1 is 1.21 bits per heavy atom. The van der Waals surface area contributed by atoms with E-state index < -0.39 is 0 Å². The quantitative estimate of drug-likeness (QED) is 0.606. The second kappa shape index (κ2) is 7.21. The minimum atomic E-state index is -0.0268. The van der Waals surface area contributed by atoms with Crippen LogP contribution in [0.4, 0.5) is 0 Å². The Morgan fingerprint density at radius 3 is 2.21 bits per heavy atom. The lowest BCUT2D eigenvalue weighted by Crippen LogP contribution is -2.48. The Labute approximate surface area is 88.6 Å². The van der Waals surface area contributed by atoms with Crippen molar-refractivity contribution < 1.29 is 4.74 Å². The maximum Gasteiger partial charge on any atom is 0.0593 e. The van der Waals surface area contributed by atoms with Gasteiger partial charge in [0.15, 0.2) is 0 Å². The maximum atomic E-state index is 6.22. The summed E-state index contributed by atoms with van der Waals surface area (Å²) in [6.45, 7) is 9.84. The summed E-state index contributed by atoms with van der Waals surface area (Å²) < 4.78 is 5.30. The van der Waals surface area contributed by atoms with E-state index in [-0.39, 0.29) is 5.54 Å². The Bertz CT molecular complexity index is 135. The summed E-state index contributed by atoms with van der Waals surface area (Å²) in [5, 5.41) is 0. The summed E-state index contributed by atoms with van der Waals surface area (Å²) >= 11 is 0. The zero-order chi connectivity index (χ0) is 11.0. The molecule has 0 aromatic carbocycles. The molecule has 0 atom stereocenters. The van der Waals surface area contributed by atoms with E-state index in [1.54, 1.807) is 0 Å². The van der Waals surface area contributed by atoms with Crippen LogP contribution in [0.25, 0.3) is 0 Å². The molecule has 0 bridgehead atoms. The van der Waals surface area contributed by atoms with Crippen LogP contribution < -0.4 is 5.73 Å². The predicted molar refractivity (Wildman–Crippen MR) is 61.5 cm³/mol. The first-order valence-electron chi connectivity index (χ1n) is 5.63. The highest BCUT2D eigenvalue weighted by Gasteiger charge is 2.21. The minimum absolute atomic E-state index is 0.0268. The standard InChI is InChI=1S/C11H26N2O/c1-5-11(12,6-2)10-13(4)8-9-14-7-3/h5-10,12H2,1-4H3. The highest BCUT2D eigenvalue weighted by Crippen LogP contribution is 2.12. The van der Waals surface area contributed by atoms with Gasteiger partial charge >= 0.3 is 0 Å². The van der Waals surface area contributed by atoms with Crippen LogP contribution in [0.1, 0.15) is 33.6 Å². The molecule has 3 heteroatoms. The number of nitrogens with zero attached hydrogens (tertiary/aromatic N) is 1. The molecular weight excluding hydrogens is 176 g/mol. The molecule has 0 aliphatic carbocycles. The molecule has 0 saturated carbocycles. The molecule has 0 heterocycles. The van der Waals surface area contributed by atoms with E-state index in [1.165, 1.54) is 0 Å². The number of rotatable bonds is 8. The van der Waals surface area contributed by atoms with Gasteiger partial charge in [0.05, 0.1) is 6.61 Å². The third-order valence-electron chi connectivity index (χ3n) is 2.81. The van der Waals surface area contributed by atoms with Crippen molar-refractivity contribution in [3.63, 3.8) is 0 Å². The van der Waals surface area contributed by atoms with Crippen LogP contribution in [-0.4, -0.2) is 43.8 Å². The summed E-state index contributed by atoms with van der Waals surface area (Å²) in [4.78, 5) is 2.25. The van der Waals surface area contributed by atoms with E-state index in [4.69, 9.17) is 10.5 Å². The monoisotopic (exact) mass is 202 g/mol. The molecule has 0 unspecified atom stereocenters. The van der Waals surface area contributed by atoms with Crippen molar-refractivity contribution in [2.45, 2.75) is 39.2 Å². The van der Waals surface area contributed by atoms with Gasteiger partial charge in [-0.25, -0.2) is 0 Å². The Hall–Kier alpha value is -0.120. The van der Waals surface area contributed by atoms with E-state index in [9.17, 15) is 0 Å². The number of nitrogens with two attached hydrogens (primary N) is 1. The molecule has 0 aliphatic rings. The van der Waals surface area contributed by atoms with E-state index in [1.807, 2.05) is 6.92 Å². The van der Waals surface area contributed by atoms with Crippen molar-refractivity contribution in [1.29, 1.82) is 0 Å². The highest BCUT2D eigenvalue weighted by atomic mass is 16.5. The lowest BCUT2D eigenvalue weighted by Gasteiger charge is -2.31. The minimum Gasteiger partial charge on any atom is -0.380 e. The van der Waals surface area contributed by atoms with Gasteiger partial charge in [0.1, 0.15) is 0 Å². The fraction of sp³-hybridized carbons (Fsp3) is 1.00. The Morgan fingerprint density at radius 2 is 1.79 bits per heavy atom. The molecule has 3 nitrogen and oxygen atoms in total. The topological polar surface area (TPSA) is 38.5 Å². The van der Waals surface area contributed by atoms with Gasteiger partial charge in [-0.05, 0) is 26.8 Å². The maximum absolute atomic E-state index is 6.22. The molecule has 0 rings (SSSR count). The average Bonchev–Trinajstić information content (AvgIpc) is 2.18. The van der Waals surface area contributed by atoms with Crippen molar-refractivity contribution >= 4 is 0 Å². The van der Waals surface area contributed by atoms with Crippen LogP contribution in [0.15, 0.2) is 0 Å². The molecule has 2 N–H and O–H groups in total. The third-order valence-corrected chi connectivity index (χ3v) is 2.81. The smallest absolute Gasteiger partial charge is 0.0593 e. The molecule has 0 fully saturated rings. The van der Waals surface area contributed by atoms with Crippen molar-refractivity contribution in [2.75, 3.05) is 33.4 Å². The number of hydrogen-bond donors (Lipinski definition) is 1. The first-order chi connectivity index (χ1) is 6.58. The van der Waals surface area contributed by atoms with Crippen molar-refractivity contribution in [3.8, 4) is 0 Å². The van der Waals surface area contributed by atoms with Gasteiger partial charge in [0.25, 0.3) is 0 Å². The van der Waals surface area contributed by atoms with Gasteiger partial charge in [-0.1, -0.05) is 13.8 Å². The third kappa shape index (κ3) is 5.58. The fourth-order valence-electron chi connectivity index (χ4n) is 1.45. The summed E-state index contributed by atoms with van der Waals surface area (Å²) in [6.07, 6.45) is 2.06. The van der Waals surface area contributed by atoms with Crippen molar-refractivity contribution in [2.24, 2.45) is 5.73 Å². The zero-order valence-corrected chi connectivity index (χ0v) is 10.2. The Kier molecular flexibility index (Phi) is 7.15. The van der Waals surface area contributed by atoms with Gasteiger partial charge in [0, 0.05) is 25.2 Å². The van der Waals surface area contributed by atoms with Gasteiger partial charge in [0.2, 0.25) is 0 Å². The highest BCUT2D eigenvalue weighted by molar-refractivity contribution is 4.83. The van der Waals surface area contributed by atoms with E-state index in [0.29, 0.717) is 0 Å². The second-order valence-electron chi connectivity index (χ2n) is 4.00. The zero-order valence-electron chi connectivity index (χ0n) is 10.2. The Balaban J connectivity index is 3.73. The number of likely N-dealkylation sites (N-methyl/N-ethyl adjacent to an activating group) is 1. The fourth-order valence-corrected chi connectivity index (χ4v) is 1.45. The van der Waals surface area contributed by atoms with Crippen LogP contribution in [-0.2, 0) is 4.74 Å². The molecule has 14 heavy (non-hydrogen) atoms. The van der Waals surface area contributed by atoms with Crippen LogP contribution in [0.3, 0.4) is 0 Å². The molecule has 0 aliphatic heterocycles. The average molecular weight is 202 g/mol. The lowest BCUT2D eigenvalue weighted by atomic mass is 9.94. The van der Waals surface area contributed by atoms with E-state index in [0.717, 1.165) is 39.1 Å². The van der Waals surface area contributed by atoms with Crippen molar-refractivity contribution in [3.05, 3.63) is 0 Å². The van der Waals surface area contributed by atoms with Gasteiger partial charge in [-0.2, -0.15) is 0 Å². The first kappa shape index (κ1) is 13.9. The van der Waals surface area contributed by atoms with Crippen molar-refractivity contribution in [1.82, 2.24) is 4.90 Å². The molecule has 86 valence electrons. The SMILES string of the molecule is CCOCCN(C)CC(N)(CC)CC. The molecule has 0 radical (unpaired) electrons. The van der Waals surface area contributed by atoms with Crippen LogP contribution in [0.5, 0.6) is 0 Å². The molecule has 0 amide bonds. The van der Waals surface area contributed by atoms with Crippen LogP contribution in [0, 0.1) is 0 Å². The lowest BCUT2D eigenvalue weighted by molar-refractivity contribution is 0.112. The summed E-state index contributed by atoms with van der Waals surface area (Å²) in [6, 6.07) is 0. The molecule has 0 aromatic heterocycles. The summed E-state index contributed by atoms with van der Waals surface area (Å²) in [5.74, 6) is 0. The van der Waals surface area contributed by atoms with Crippen LogP contribution >= 0.6 is 0 Å². The predicted octanol–water partition coefficient (Wildman–Crippen LogP) is 1.47. The number of ether oxygens (including phenoxy) is 1. The number of hydrogen-bond acceptors (Lipinski definition) is 3. The second-order valence-corrected chi connectivity index (χ2v) is 4.00. The summed E-state index contributed by atoms with van der Waals surface area (Å²) in [7, 11) is 2.10. The molecule has 0 saturated heterocycles. The van der Waals surface area contributed by atoms with Gasteiger partial charge < -0.3 is 15.4 Å². The molecule has 0 aromatic rings.